The van der Waals surface area contributed by atoms with Crippen LogP contribution in [-0.4, -0.2) is 15.3 Å². The molecule has 6 aromatic rings. The molecular weight excluding hydrogens is 679 g/mol. The Morgan fingerprint density at radius 1 is 0.370 bits per heavy atom. The molecule has 1 aliphatic heterocycles. The van der Waals surface area contributed by atoms with Crippen molar-refractivity contribution in [3.05, 3.63) is 159 Å². The number of benzene rings is 6. The van der Waals surface area contributed by atoms with Crippen molar-refractivity contribution in [3.63, 3.8) is 0 Å². The smallest absolute Gasteiger partial charge is 0.126 e. The maximum Gasteiger partial charge on any atom is 0.126 e. The highest BCUT2D eigenvalue weighted by Crippen LogP contribution is 2.38. The van der Waals surface area contributed by atoms with Gasteiger partial charge in [0.05, 0.1) is 74.5 Å². The van der Waals surface area contributed by atoms with E-state index < -0.39 is 0 Å². The highest BCUT2D eigenvalue weighted by molar-refractivity contribution is 5.75. The lowest BCUT2D eigenvalue weighted by atomic mass is 9.95. The van der Waals surface area contributed by atoms with Crippen LogP contribution in [0.2, 0.25) is 0 Å². The summed E-state index contributed by atoms with van der Waals surface area (Å²) in [5.41, 5.74) is 8.03. The Hall–Kier alpha value is -6.93. The Kier molecular flexibility index (Phi) is 10.3. The van der Waals surface area contributed by atoms with E-state index >= 15 is 0 Å². The number of rotatable bonds is 3. The minimum absolute atomic E-state index is 0.0455. The SMILES string of the molecule is N#Cc1ccccc1-c1cc2c(O)c(c1)COCc1cc(-c3ccccc3C#N)cc(c1O)COCc1cc(-c3ccccc3C#N)cc(c1O)COC2. The molecule has 9 nitrogen and oxygen atoms in total. The van der Waals surface area contributed by atoms with Gasteiger partial charge in [-0.25, -0.2) is 0 Å². The van der Waals surface area contributed by atoms with Crippen molar-refractivity contribution < 1.29 is 29.5 Å². The van der Waals surface area contributed by atoms with Gasteiger partial charge in [-0.3, -0.25) is 0 Å². The van der Waals surface area contributed by atoms with Crippen molar-refractivity contribution in [1.29, 1.82) is 15.8 Å². The van der Waals surface area contributed by atoms with Crippen LogP contribution >= 0.6 is 0 Å². The van der Waals surface area contributed by atoms with Gasteiger partial charge in [0.1, 0.15) is 17.2 Å². The fraction of sp³-hybridized carbons (Fsp3) is 0.133. The number of fused-ring (bicyclic) bond motifs is 6. The van der Waals surface area contributed by atoms with Crippen LogP contribution in [0.5, 0.6) is 17.2 Å². The first kappa shape index (κ1) is 35.5. The van der Waals surface area contributed by atoms with Crippen LogP contribution < -0.4 is 0 Å². The molecule has 0 amide bonds. The normalized spacial score (nSPS) is 13.1. The zero-order chi connectivity index (χ0) is 37.6. The van der Waals surface area contributed by atoms with Crippen LogP contribution in [0.4, 0.5) is 0 Å². The van der Waals surface area contributed by atoms with E-state index in [-0.39, 0.29) is 56.9 Å². The van der Waals surface area contributed by atoms with Gasteiger partial charge in [0, 0.05) is 33.4 Å². The highest BCUT2D eigenvalue weighted by atomic mass is 16.5. The molecule has 7 rings (SSSR count). The molecule has 0 saturated carbocycles. The first-order valence-electron chi connectivity index (χ1n) is 17.1. The van der Waals surface area contributed by atoms with E-state index in [1.807, 2.05) is 36.4 Å². The Labute approximate surface area is 312 Å². The minimum atomic E-state index is -0.0501. The van der Waals surface area contributed by atoms with Crippen molar-refractivity contribution in [2.24, 2.45) is 0 Å². The van der Waals surface area contributed by atoms with E-state index in [9.17, 15) is 31.1 Å². The van der Waals surface area contributed by atoms with Gasteiger partial charge < -0.3 is 29.5 Å². The van der Waals surface area contributed by atoms with Crippen LogP contribution in [-0.2, 0) is 53.9 Å². The fourth-order valence-corrected chi connectivity index (χ4v) is 6.72. The Balaban J connectivity index is 1.36. The second-order valence-corrected chi connectivity index (χ2v) is 12.9. The summed E-state index contributed by atoms with van der Waals surface area (Å²) in [5, 5.41) is 64.2. The van der Waals surface area contributed by atoms with Crippen LogP contribution in [0, 0.1) is 34.0 Å². The molecule has 9 heteroatoms. The third-order valence-corrected chi connectivity index (χ3v) is 9.42. The zero-order valence-corrected chi connectivity index (χ0v) is 29.0. The van der Waals surface area contributed by atoms with Gasteiger partial charge in [-0.05, 0) is 88.0 Å². The fourth-order valence-electron chi connectivity index (χ4n) is 6.72. The average Bonchev–Trinajstić information content (AvgIpc) is 3.20. The molecule has 264 valence electrons. The molecule has 0 fully saturated rings. The van der Waals surface area contributed by atoms with Crippen LogP contribution in [0.15, 0.2) is 109 Å². The maximum atomic E-state index is 11.5. The number of hydrogen-bond acceptors (Lipinski definition) is 9. The first-order valence-corrected chi connectivity index (χ1v) is 17.1. The summed E-state index contributed by atoms with van der Waals surface area (Å²) >= 11 is 0. The minimum Gasteiger partial charge on any atom is -0.507 e. The summed E-state index contributed by atoms with van der Waals surface area (Å²) in [5.74, 6) is -0.150. The molecule has 0 aromatic heterocycles. The number of phenolic OH excluding ortho intramolecular Hbond substituents is 3. The molecule has 1 heterocycles. The number of hydrogen-bond donors (Lipinski definition) is 3. The van der Waals surface area contributed by atoms with E-state index in [1.165, 1.54) is 0 Å². The molecule has 0 aliphatic carbocycles. The van der Waals surface area contributed by atoms with E-state index in [1.54, 1.807) is 72.8 Å². The summed E-state index contributed by atoms with van der Waals surface area (Å²) in [6, 6.07) is 38.8. The highest BCUT2D eigenvalue weighted by Gasteiger charge is 2.19. The monoisotopic (exact) mass is 711 g/mol. The number of aromatic hydroxyl groups is 3. The summed E-state index contributed by atoms with van der Waals surface area (Å²) < 4.78 is 18.4. The lowest BCUT2D eigenvalue weighted by molar-refractivity contribution is 0.0932. The van der Waals surface area contributed by atoms with E-state index in [4.69, 9.17) is 14.2 Å². The van der Waals surface area contributed by atoms with E-state index in [2.05, 4.69) is 18.2 Å². The van der Waals surface area contributed by atoms with Gasteiger partial charge >= 0.3 is 0 Å². The molecule has 6 bridgehead atoms. The predicted molar refractivity (Wildman–Crippen MR) is 200 cm³/mol. The van der Waals surface area contributed by atoms with Gasteiger partial charge in [-0.2, -0.15) is 15.8 Å². The number of nitriles is 3. The zero-order valence-electron chi connectivity index (χ0n) is 29.0. The van der Waals surface area contributed by atoms with Gasteiger partial charge in [0.2, 0.25) is 0 Å². The number of ether oxygens (including phenoxy) is 3. The number of nitrogens with zero attached hydrogens (tertiary/aromatic N) is 3. The molecule has 3 N–H and O–H groups in total. The van der Waals surface area contributed by atoms with Crippen molar-refractivity contribution in [2.45, 2.75) is 39.6 Å². The molecule has 54 heavy (non-hydrogen) atoms. The topological polar surface area (TPSA) is 160 Å². The molecule has 0 unspecified atom stereocenters. The summed E-state index contributed by atoms with van der Waals surface area (Å²) in [6.45, 7) is -0.273. The Bertz CT molecular complexity index is 2170. The lowest BCUT2D eigenvalue weighted by Crippen LogP contribution is -2.04. The number of phenols is 3. The molecule has 0 spiro atoms. The average molecular weight is 712 g/mol. The summed E-state index contributed by atoms with van der Waals surface area (Å²) in [7, 11) is 0. The van der Waals surface area contributed by atoms with Crippen molar-refractivity contribution >= 4 is 0 Å². The predicted octanol–water partition coefficient (Wildman–Crippen LogP) is 8.88. The first-order chi connectivity index (χ1) is 26.4. The van der Waals surface area contributed by atoms with Crippen molar-refractivity contribution in [1.82, 2.24) is 0 Å². The van der Waals surface area contributed by atoms with Gasteiger partial charge in [-0.15, -0.1) is 0 Å². The van der Waals surface area contributed by atoms with Crippen LogP contribution in [0.1, 0.15) is 50.1 Å². The third-order valence-electron chi connectivity index (χ3n) is 9.42. The largest absolute Gasteiger partial charge is 0.507 e. The molecule has 6 aromatic carbocycles. The molecule has 1 aliphatic rings. The van der Waals surface area contributed by atoms with Gasteiger partial charge in [-0.1, -0.05) is 54.6 Å². The second kappa shape index (κ2) is 15.8. The lowest BCUT2D eigenvalue weighted by Gasteiger charge is -2.18. The van der Waals surface area contributed by atoms with Gasteiger partial charge in [0.15, 0.2) is 0 Å². The maximum absolute atomic E-state index is 11.5. The van der Waals surface area contributed by atoms with Crippen LogP contribution in [0.25, 0.3) is 33.4 Å². The summed E-state index contributed by atoms with van der Waals surface area (Å²) in [6.07, 6.45) is 0. The Morgan fingerprint density at radius 3 is 0.815 bits per heavy atom. The third kappa shape index (κ3) is 7.22. The standard InChI is InChI=1S/C45H33N3O6/c46-19-28-7-1-4-10-40(28)31-13-34-22-52-24-36-15-32(41-11-5-2-8-29(41)20-47)17-38(44(36)50)26-54-27-39-18-33(42-12-6-3-9-30(42)21-48)16-37(45(39)51)25-53-23-35(14-31)43(34)49/h1-18,49-51H,22-27H2. The van der Waals surface area contributed by atoms with E-state index in [0.29, 0.717) is 83.5 Å². The molecular formula is C45H33N3O6. The molecule has 0 atom stereocenters. The van der Waals surface area contributed by atoms with Crippen molar-refractivity contribution in [3.8, 4) is 68.8 Å². The summed E-state index contributed by atoms with van der Waals surface area (Å²) in [4.78, 5) is 0. The second-order valence-electron chi connectivity index (χ2n) is 12.9. The van der Waals surface area contributed by atoms with Gasteiger partial charge in [0.25, 0.3) is 0 Å². The van der Waals surface area contributed by atoms with E-state index in [0.717, 1.165) is 0 Å². The molecule has 0 radical (unpaired) electrons. The Morgan fingerprint density at radius 2 is 0.593 bits per heavy atom. The molecule has 0 saturated heterocycles. The van der Waals surface area contributed by atoms with Crippen molar-refractivity contribution in [2.75, 3.05) is 0 Å². The van der Waals surface area contributed by atoms with Crippen LogP contribution in [0.3, 0.4) is 0 Å². The quantitative estimate of drug-likeness (QED) is 0.163.